The van der Waals surface area contributed by atoms with Crippen molar-refractivity contribution in [2.24, 2.45) is 5.92 Å². The molecule has 0 amide bonds. The molecule has 1 saturated heterocycles. The van der Waals surface area contributed by atoms with Crippen LogP contribution in [0, 0.1) is 5.92 Å². The van der Waals surface area contributed by atoms with Gasteiger partial charge in [-0.1, -0.05) is 19.1 Å². The van der Waals surface area contributed by atoms with Crippen LogP contribution in [0.4, 0.5) is 0 Å². The van der Waals surface area contributed by atoms with Crippen LogP contribution in [0.2, 0.25) is 0 Å². The van der Waals surface area contributed by atoms with E-state index in [1.54, 1.807) is 0 Å². The highest BCUT2D eigenvalue weighted by Gasteiger charge is 2.31. The minimum absolute atomic E-state index is 0.387. The minimum Gasteiger partial charge on any atom is -0.378 e. The lowest BCUT2D eigenvalue weighted by Crippen LogP contribution is -2.28. The molecule has 3 rings (SSSR count). The van der Waals surface area contributed by atoms with Crippen LogP contribution < -0.4 is 5.32 Å². The van der Waals surface area contributed by atoms with Gasteiger partial charge in [0.2, 0.25) is 0 Å². The second kappa shape index (κ2) is 6.14. The lowest BCUT2D eigenvalue weighted by atomic mass is 9.90. The van der Waals surface area contributed by atoms with Gasteiger partial charge in [-0.3, -0.25) is 0 Å². The molecule has 1 aliphatic rings. The quantitative estimate of drug-likeness (QED) is 0.856. The van der Waals surface area contributed by atoms with E-state index in [-0.39, 0.29) is 0 Å². The Morgan fingerprint density at radius 3 is 3.05 bits per heavy atom. The molecule has 1 aromatic heterocycles. The average molecular weight is 354 g/mol. The predicted octanol–water partition coefficient (Wildman–Crippen LogP) is 4.74. The number of nitrogens with one attached hydrogen (secondary N) is 1. The summed E-state index contributed by atoms with van der Waals surface area (Å²) in [6.45, 7) is 6.20. The summed E-state index contributed by atoms with van der Waals surface area (Å²) in [5.41, 5.74) is 1.43. The molecule has 20 heavy (non-hydrogen) atoms. The van der Waals surface area contributed by atoms with Gasteiger partial charge < -0.3 is 10.1 Å². The Balaban J connectivity index is 1.99. The van der Waals surface area contributed by atoms with Gasteiger partial charge in [0.15, 0.2) is 0 Å². The number of rotatable bonds is 4. The second-order valence-corrected chi connectivity index (χ2v) is 7.22. The van der Waals surface area contributed by atoms with Gasteiger partial charge in [0, 0.05) is 21.1 Å². The maximum Gasteiger partial charge on any atom is 0.0551 e. The predicted molar refractivity (Wildman–Crippen MR) is 89.5 cm³/mol. The minimum atomic E-state index is 0.387. The molecule has 1 aromatic carbocycles. The van der Waals surface area contributed by atoms with Gasteiger partial charge in [-0.25, -0.2) is 0 Å². The summed E-state index contributed by atoms with van der Waals surface area (Å²) in [6, 6.07) is 6.87. The van der Waals surface area contributed by atoms with Crippen molar-refractivity contribution in [1.29, 1.82) is 0 Å². The maximum absolute atomic E-state index is 5.78. The molecule has 1 fully saturated rings. The Morgan fingerprint density at radius 1 is 1.50 bits per heavy atom. The third-order valence-electron chi connectivity index (χ3n) is 4.04. The first-order valence-electron chi connectivity index (χ1n) is 7.21. The van der Waals surface area contributed by atoms with Crippen LogP contribution in [-0.4, -0.2) is 19.3 Å². The molecule has 0 aliphatic carbocycles. The van der Waals surface area contributed by atoms with Gasteiger partial charge >= 0.3 is 0 Å². The van der Waals surface area contributed by atoms with Crippen molar-refractivity contribution in [2.75, 3.05) is 13.2 Å². The van der Waals surface area contributed by atoms with Gasteiger partial charge in [-0.05, 0) is 58.2 Å². The molecule has 1 N–H and O–H groups in total. The molecular formula is C16H20BrNOS. The number of halogens is 1. The van der Waals surface area contributed by atoms with Crippen LogP contribution >= 0.6 is 27.3 Å². The third-order valence-corrected chi connectivity index (χ3v) is 6.01. The van der Waals surface area contributed by atoms with E-state index in [9.17, 15) is 0 Å². The fourth-order valence-electron chi connectivity index (χ4n) is 3.12. The van der Waals surface area contributed by atoms with Crippen molar-refractivity contribution < 1.29 is 4.74 Å². The summed E-state index contributed by atoms with van der Waals surface area (Å²) >= 11 is 5.48. The first-order chi connectivity index (χ1) is 9.70. The molecule has 1 aliphatic heterocycles. The highest BCUT2D eigenvalue weighted by atomic mass is 79.9. The SMILES string of the molecule is CCNC(c1csc2c(Br)cccc12)C1COC(C)C1. The van der Waals surface area contributed by atoms with Crippen LogP contribution in [0.25, 0.3) is 10.1 Å². The fourth-order valence-corrected chi connectivity index (χ4v) is 4.77. The number of hydrogen-bond acceptors (Lipinski definition) is 3. The van der Waals surface area contributed by atoms with E-state index >= 15 is 0 Å². The Labute approximate surface area is 132 Å². The molecule has 2 aromatic rings. The lowest BCUT2D eigenvalue weighted by molar-refractivity contribution is 0.117. The largest absolute Gasteiger partial charge is 0.378 e. The summed E-state index contributed by atoms with van der Waals surface area (Å²) in [7, 11) is 0. The molecular weight excluding hydrogens is 334 g/mol. The van der Waals surface area contributed by atoms with E-state index in [1.807, 2.05) is 11.3 Å². The van der Waals surface area contributed by atoms with Gasteiger partial charge in [-0.15, -0.1) is 11.3 Å². The zero-order chi connectivity index (χ0) is 14.1. The van der Waals surface area contributed by atoms with E-state index in [1.165, 1.54) is 20.1 Å². The first-order valence-corrected chi connectivity index (χ1v) is 8.88. The van der Waals surface area contributed by atoms with Crippen molar-refractivity contribution in [3.63, 3.8) is 0 Å². The molecule has 2 nitrogen and oxygen atoms in total. The van der Waals surface area contributed by atoms with E-state index in [2.05, 4.69) is 58.7 Å². The maximum atomic E-state index is 5.78. The van der Waals surface area contributed by atoms with Crippen molar-refractivity contribution in [1.82, 2.24) is 5.32 Å². The van der Waals surface area contributed by atoms with E-state index in [0.29, 0.717) is 18.1 Å². The molecule has 3 unspecified atom stereocenters. The van der Waals surface area contributed by atoms with Crippen LogP contribution in [0.15, 0.2) is 28.1 Å². The highest BCUT2D eigenvalue weighted by molar-refractivity contribution is 9.10. The second-order valence-electron chi connectivity index (χ2n) is 5.48. The molecule has 2 heterocycles. The first kappa shape index (κ1) is 14.5. The van der Waals surface area contributed by atoms with E-state index < -0.39 is 0 Å². The van der Waals surface area contributed by atoms with Gasteiger partial charge in [0.05, 0.1) is 12.7 Å². The molecule has 0 saturated carbocycles. The van der Waals surface area contributed by atoms with Crippen LogP contribution in [-0.2, 0) is 4.74 Å². The summed E-state index contributed by atoms with van der Waals surface area (Å²) in [5.74, 6) is 0.571. The summed E-state index contributed by atoms with van der Waals surface area (Å²) in [5, 5.41) is 7.35. The molecule has 0 spiro atoms. The van der Waals surface area contributed by atoms with Crippen LogP contribution in [0.5, 0.6) is 0 Å². The Bertz CT molecular complexity index is 597. The summed E-state index contributed by atoms with van der Waals surface area (Å²) < 4.78 is 8.32. The number of ether oxygens (including phenoxy) is 1. The Kier molecular flexibility index (Phi) is 4.46. The van der Waals surface area contributed by atoms with Crippen LogP contribution in [0.1, 0.15) is 31.9 Å². The highest BCUT2D eigenvalue weighted by Crippen LogP contribution is 2.40. The smallest absolute Gasteiger partial charge is 0.0551 e. The van der Waals surface area contributed by atoms with Gasteiger partial charge in [0.1, 0.15) is 0 Å². The fraction of sp³-hybridized carbons (Fsp3) is 0.500. The monoisotopic (exact) mass is 353 g/mol. The normalized spacial score (nSPS) is 24.4. The van der Waals surface area contributed by atoms with Gasteiger partial charge in [0.25, 0.3) is 0 Å². The van der Waals surface area contributed by atoms with Gasteiger partial charge in [-0.2, -0.15) is 0 Å². The third kappa shape index (κ3) is 2.67. The molecule has 108 valence electrons. The van der Waals surface area contributed by atoms with Crippen molar-refractivity contribution >= 4 is 37.4 Å². The summed E-state index contributed by atoms with van der Waals surface area (Å²) in [6.07, 6.45) is 1.53. The van der Waals surface area contributed by atoms with Crippen LogP contribution in [0.3, 0.4) is 0 Å². The average Bonchev–Trinajstić information content (AvgIpc) is 3.04. The molecule has 3 atom stereocenters. The number of benzene rings is 1. The lowest BCUT2D eigenvalue weighted by Gasteiger charge is -2.23. The molecule has 0 bridgehead atoms. The zero-order valence-electron chi connectivity index (χ0n) is 11.9. The topological polar surface area (TPSA) is 21.3 Å². The number of fused-ring (bicyclic) bond motifs is 1. The number of hydrogen-bond donors (Lipinski definition) is 1. The van der Waals surface area contributed by atoms with E-state index in [4.69, 9.17) is 4.74 Å². The summed E-state index contributed by atoms with van der Waals surface area (Å²) in [4.78, 5) is 0. The standard InChI is InChI=1S/C16H20BrNOS/c1-3-18-15(11-7-10(2)19-8-11)13-9-20-16-12(13)5-4-6-14(16)17/h4-6,9-11,15,18H,3,7-8H2,1-2H3. The van der Waals surface area contributed by atoms with Crippen molar-refractivity contribution in [2.45, 2.75) is 32.4 Å². The van der Waals surface area contributed by atoms with E-state index in [0.717, 1.165) is 19.6 Å². The molecule has 4 heteroatoms. The van der Waals surface area contributed by atoms with Crippen molar-refractivity contribution in [3.8, 4) is 0 Å². The zero-order valence-corrected chi connectivity index (χ0v) is 14.3. The molecule has 0 radical (unpaired) electrons. The van der Waals surface area contributed by atoms with Crippen molar-refractivity contribution in [3.05, 3.63) is 33.6 Å². The Hall–Kier alpha value is -0.420. The Morgan fingerprint density at radius 2 is 2.35 bits per heavy atom. The number of thiophene rings is 1.